The highest BCUT2D eigenvalue weighted by Crippen LogP contribution is 2.38. The van der Waals surface area contributed by atoms with Crippen LogP contribution in [-0.2, 0) is 0 Å². The average molecular weight is 274 g/mol. The first kappa shape index (κ1) is 13.9. The summed E-state index contributed by atoms with van der Waals surface area (Å²) < 4.78 is 0. The van der Waals surface area contributed by atoms with Crippen LogP contribution < -0.4 is 5.32 Å². The van der Waals surface area contributed by atoms with Crippen LogP contribution in [-0.4, -0.2) is 36.2 Å². The van der Waals surface area contributed by atoms with Gasteiger partial charge in [0.1, 0.15) is 5.75 Å². The highest BCUT2D eigenvalue weighted by molar-refractivity contribution is 5.27. The molecular formula is C17H26N2O. The fourth-order valence-corrected chi connectivity index (χ4v) is 3.92. The van der Waals surface area contributed by atoms with E-state index < -0.39 is 0 Å². The minimum Gasteiger partial charge on any atom is -0.508 e. The second kappa shape index (κ2) is 5.74. The first-order chi connectivity index (χ1) is 9.69. The molecule has 2 aliphatic rings. The van der Waals surface area contributed by atoms with Crippen LogP contribution in [0.1, 0.15) is 44.2 Å². The summed E-state index contributed by atoms with van der Waals surface area (Å²) in [6.45, 7) is 7.08. The number of piperidine rings is 2. The molecule has 2 atom stereocenters. The summed E-state index contributed by atoms with van der Waals surface area (Å²) >= 11 is 0. The van der Waals surface area contributed by atoms with E-state index in [0.29, 0.717) is 17.2 Å². The van der Waals surface area contributed by atoms with Crippen molar-refractivity contribution >= 4 is 0 Å². The Morgan fingerprint density at radius 1 is 1.20 bits per heavy atom. The third-order valence-corrected chi connectivity index (χ3v) is 5.17. The van der Waals surface area contributed by atoms with Gasteiger partial charge in [-0.3, -0.25) is 4.90 Å². The molecule has 3 heteroatoms. The zero-order valence-corrected chi connectivity index (χ0v) is 12.4. The van der Waals surface area contributed by atoms with E-state index in [9.17, 15) is 5.11 Å². The van der Waals surface area contributed by atoms with Crippen molar-refractivity contribution < 1.29 is 5.11 Å². The lowest BCUT2D eigenvalue weighted by Gasteiger charge is -2.47. The molecule has 2 aliphatic heterocycles. The molecule has 1 spiro atoms. The van der Waals surface area contributed by atoms with E-state index in [1.807, 2.05) is 0 Å². The van der Waals surface area contributed by atoms with Gasteiger partial charge >= 0.3 is 0 Å². The van der Waals surface area contributed by atoms with Crippen LogP contribution in [0, 0.1) is 5.41 Å². The van der Waals surface area contributed by atoms with Crippen LogP contribution in [0.2, 0.25) is 0 Å². The van der Waals surface area contributed by atoms with Crippen LogP contribution in [0.5, 0.6) is 5.75 Å². The Morgan fingerprint density at radius 2 is 1.95 bits per heavy atom. The number of likely N-dealkylation sites (tertiary alicyclic amines) is 1. The fraction of sp³-hybridized carbons (Fsp3) is 0.647. The van der Waals surface area contributed by atoms with Crippen molar-refractivity contribution in [2.45, 2.75) is 38.6 Å². The number of nitrogens with zero attached hydrogens (tertiary/aromatic N) is 1. The molecule has 2 saturated heterocycles. The Balaban J connectivity index is 1.71. The van der Waals surface area contributed by atoms with Crippen molar-refractivity contribution in [3.05, 3.63) is 29.8 Å². The van der Waals surface area contributed by atoms with E-state index in [0.717, 1.165) is 0 Å². The molecule has 3 nitrogen and oxygen atoms in total. The number of nitrogens with one attached hydrogen (secondary N) is 1. The predicted octanol–water partition coefficient (Wildman–Crippen LogP) is 2.92. The van der Waals surface area contributed by atoms with Gasteiger partial charge in [-0.25, -0.2) is 0 Å². The summed E-state index contributed by atoms with van der Waals surface area (Å²) in [7, 11) is 0. The maximum absolute atomic E-state index is 9.43. The summed E-state index contributed by atoms with van der Waals surface area (Å²) in [5.41, 5.74) is 1.81. The topological polar surface area (TPSA) is 35.5 Å². The van der Waals surface area contributed by atoms with Gasteiger partial charge in [-0.1, -0.05) is 12.1 Å². The molecule has 3 rings (SSSR count). The molecule has 2 heterocycles. The standard InChI is InChI=1S/C17H26N2O/c1-14(15-4-6-16(20)7-5-15)19-11-3-9-17(13-19)8-2-10-18-12-17/h4-7,14,18,20H,2-3,8-13H2,1H3. The summed E-state index contributed by atoms with van der Waals surface area (Å²) in [5, 5.41) is 13.0. The van der Waals surface area contributed by atoms with E-state index in [1.54, 1.807) is 12.1 Å². The van der Waals surface area contributed by atoms with E-state index >= 15 is 0 Å². The molecule has 110 valence electrons. The highest BCUT2D eigenvalue weighted by Gasteiger charge is 2.37. The molecule has 0 aliphatic carbocycles. The van der Waals surface area contributed by atoms with Crippen LogP contribution in [0.3, 0.4) is 0 Å². The lowest BCUT2D eigenvalue weighted by molar-refractivity contribution is 0.0416. The number of benzene rings is 1. The van der Waals surface area contributed by atoms with Gasteiger partial charge in [0.15, 0.2) is 0 Å². The van der Waals surface area contributed by atoms with Crippen LogP contribution in [0.15, 0.2) is 24.3 Å². The summed E-state index contributed by atoms with van der Waals surface area (Å²) in [5.74, 6) is 0.354. The normalized spacial score (nSPS) is 29.4. The molecule has 2 fully saturated rings. The molecule has 20 heavy (non-hydrogen) atoms. The smallest absolute Gasteiger partial charge is 0.115 e. The Labute approximate surface area is 122 Å². The van der Waals surface area contributed by atoms with Crippen molar-refractivity contribution in [1.29, 1.82) is 0 Å². The number of rotatable bonds is 2. The molecule has 1 aromatic rings. The molecule has 0 amide bonds. The van der Waals surface area contributed by atoms with Gasteiger partial charge < -0.3 is 10.4 Å². The maximum Gasteiger partial charge on any atom is 0.115 e. The lowest BCUT2D eigenvalue weighted by atomic mass is 9.74. The van der Waals surface area contributed by atoms with Gasteiger partial charge in [0.25, 0.3) is 0 Å². The third-order valence-electron chi connectivity index (χ3n) is 5.17. The van der Waals surface area contributed by atoms with E-state index in [4.69, 9.17) is 0 Å². The van der Waals surface area contributed by atoms with Crippen molar-refractivity contribution in [2.24, 2.45) is 5.41 Å². The fourth-order valence-electron chi connectivity index (χ4n) is 3.92. The minimum absolute atomic E-state index is 0.354. The number of aromatic hydroxyl groups is 1. The molecule has 0 aromatic heterocycles. The van der Waals surface area contributed by atoms with Crippen molar-refractivity contribution in [1.82, 2.24) is 10.2 Å². The van der Waals surface area contributed by atoms with Gasteiger partial charge in [-0.15, -0.1) is 0 Å². The number of phenolic OH excluding ortho intramolecular Hbond substituents is 1. The molecular weight excluding hydrogens is 248 g/mol. The molecule has 0 radical (unpaired) electrons. The Kier molecular flexibility index (Phi) is 3.99. The minimum atomic E-state index is 0.354. The first-order valence-electron chi connectivity index (χ1n) is 7.92. The van der Waals surface area contributed by atoms with E-state index in [2.05, 4.69) is 29.3 Å². The zero-order valence-electron chi connectivity index (χ0n) is 12.4. The molecule has 0 saturated carbocycles. The van der Waals surface area contributed by atoms with E-state index in [1.165, 1.54) is 57.4 Å². The summed E-state index contributed by atoms with van der Waals surface area (Å²) in [4.78, 5) is 2.63. The molecule has 1 aromatic carbocycles. The molecule has 2 unspecified atom stereocenters. The van der Waals surface area contributed by atoms with Crippen LogP contribution in [0.4, 0.5) is 0 Å². The second-order valence-corrected chi connectivity index (χ2v) is 6.62. The third kappa shape index (κ3) is 2.84. The second-order valence-electron chi connectivity index (χ2n) is 6.62. The average Bonchev–Trinajstić information content (AvgIpc) is 2.48. The SMILES string of the molecule is CC(c1ccc(O)cc1)N1CCCC2(CCCNC2)C1. The Bertz CT molecular complexity index is 431. The van der Waals surface area contributed by atoms with Gasteiger partial charge in [0, 0.05) is 19.1 Å². The summed E-state index contributed by atoms with van der Waals surface area (Å²) in [6, 6.07) is 8.15. The lowest BCUT2D eigenvalue weighted by Crippen LogP contribution is -2.51. The van der Waals surface area contributed by atoms with Crippen molar-refractivity contribution in [3.8, 4) is 5.75 Å². The quantitative estimate of drug-likeness (QED) is 0.870. The molecule has 2 N–H and O–H groups in total. The van der Waals surface area contributed by atoms with Crippen molar-refractivity contribution in [2.75, 3.05) is 26.2 Å². The number of hydrogen-bond donors (Lipinski definition) is 2. The predicted molar refractivity (Wildman–Crippen MR) is 81.9 cm³/mol. The first-order valence-corrected chi connectivity index (χ1v) is 7.92. The van der Waals surface area contributed by atoms with Crippen LogP contribution >= 0.6 is 0 Å². The summed E-state index contributed by atoms with van der Waals surface area (Å²) in [6.07, 6.45) is 5.38. The number of phenols is 1. The van der Waals surface area contributed by atoms with Gasteiger partial charge in [-0.2, -0.15) is 0 Å². The largest absolute Gasteiger partial charge is 0.508 e. The Morgan fingerprint density at radius 3 is 2.65 bits per heavy atom. The number of hydrogen-bond acceptors (Lipinski definition) is 3. The maximum atomic E-state index is 9.43. The van der Waals surface area contributed by atoms with Crippen LogP contribution in [0.25, 0.3) is 0 Å². The molecule has 0 bridgehead atoms. The zero-order chi connectivity index (χ0) is 14.0. The van der Waals surface area contributed by atoms with Gasteiger partial charge in [0.2, 0.25) is 0 Å². The Hall–Kier alpha value is -1.06. The monoisotopic (exact) mass is 274 g/mol. The van der Waals surface area contributed by atoms with E-state index in [-0.39, 0.29) is 0 Å². The van der Waals surface area contributed by atoms with Gasteiger partial charge in [-0.05, 0) is 68.8 Å². The van der Waals surface area contributed by atoms with Crippen molar-refractivity contribution in [3.63, 3.8) is 0 Å². The van der Waals surface area contributed by atoms with Gasteiger partial charge in [0.05, 0.1) is 0 Å². The highest BCUT2D eigenvalue weighted by atomic mass is 16.3.